The molecular weight excluding hydrogens is 392 g/mol. The first kappa shape index (κ1) is 21.0. The van der Waals surface area contributed by atoms with Gasteiger partial charge in [0.25, 0.3) is 11.8 Å². The fourth-order valence-electron chi connectivity index (χ4n) is 4.38. The number of imide groups is 1. The standard InChI is InChI=1S/C25H28N2O4/c1-16-7-9-18(10-8-16)22-23(26-13-5-6-17(2)15-26)25(29)27(24(22)28)19-11-12-20(30-3)21(14-19)31-4/h7-12,14,17H,5-6,13,15H2,1-4H3. The Labute approximate surface area is 183 Å². The summed E-state index contributed by atoms with van der Waals surface area (Å²) in [5, 5.41) is 0. The molecular formula is C25H28N2O4. The molecule has 2 aromatic rings. The molecule has 1 fully saturated rings. The summed E-state index contributed by atoms with van der Waals surface area (Å²) in [4.78, 5) is 30.6. The van der Waals surface area contributed by atoms with Crippen LogP contribution in [0.5, 0.6) is 11.5 Å². The molecule has 6 nitrogen and oxygen atoms in total. The van der Waals surface area contributed by atoms with E-state index >= 15 is 0 Å². The number of nitrogens with zero attached hydrogens (tertiary/aromatic N) is 2. The molecule has 4 rings (SSSR count). The Bertz CT molecular complexity index is 1040. The Morgan fingerprint density at radius 3 is 2.29 bits per heavy atom. The van der Waals surface area contributed by atoms with Crippen molar-refractivity contribution in [2.24, 2.45) is 5.92 Å². The zero-order chi connectivity index (χ0) is 22.1. The van der Waals surface area contributed by atoms with Crippen LogP contribution in [0.2, 0.25) is 0 Å². The van der Waals surface area contributed by atoms with Crippen molar-refractivity contribution < 1.29 is 19.1 Å². The summed E-state index contributed by atoms with van der Waals surface area (Å²) >= 11 is 0. The second-order valence-electron chi connectivity index (χ2n) is 8.27. The smallest absolute Gasteiger partial charge is 0.282 e. The highest BCUT2D eigenvalue weighted by Gasteiger charge is 2.43. The maximum atomic E-state index is 13.7. The van der Waals surface area contributed by atoms with E-state index in [1.165, 1.54) is 12.0 Å². The number of benzene rings is 2. The Morgan fingerprint density at radius 2 is 1.65 bits per heavy atom. The van der Waals surface area contributed by atoms with Crippen LogP contribution in [0.3, 0.4) is 0 Å². The summed E-state index contributed by atoms with van der Waals surface area (Å²) in [6.07, 6.45) is 2.13. The van der Waals surface area contributed by atoms with Crippen molar-refractivity contribution in [3.05, 3.63) is 59.3 Å². The van der Waals surface area contributed by atoms with Gasteiger partial charge in [-0.15, -0.1) is 0 Å². The number of hydrogen-bond acceptors (Lipinski definition) is 5. The van der Waals surface area contributed by atoms with Crippen LogP contribution >= 0.6 is 0 Å². The maximum Gasteiger partial charge on any atom is 0.282 e. The van der Waals surface area contributed by atoms with E-state index in [1.807, 2.05) is 31.2 Å². The normalized spacial score (nSPS) is 19.3. The molecule has 0 aliphatic carbocycles. The topological polar surface area (TPSA) is 59.1 Å². The number of methoxy groups -OCH3 is 2. The molecule has 0 spiro atoms. The minimum atomic E-state index is -0.311. The molecule has 1 unspecified atom stereocenters. The van der Waals surface area contributed by atoms with Gasteiger partial charge in [-0.3, -0.25) is 9.59 Å². The molecule has 162 valence electrons. The van der Waals surface area contributed by atoms with E-state index in [0.29, 0.717) is 34.4 Å². The van der Waals surface area contributed by atoms with Crippen LogP contribution < -0.4 is 14.4 Å². The molecule has 0 N–H and O–H groups in total. The van der Waals surface area contributed by atoms with E-state index in [9.17, 15) is 9.59 Å². The minimum Gasteiger partial charge on any atom is -0.493 e. The predicted molar refractivity (Wildman–Crippen MR) is 120 cm³/mol. The molecule has 0 aromatic heterocycles. The van der Waals surface area contributed by atoms with Crippen molar-refractivity contribution in [1.29, 1.82) is 0 Å². The average Bonchev–Trinajstić information content (AvgIpc) is 3.03. The van der Waals surface area contributed by atoms with Gasteiger partial charge in [-0.2, -0.15) is 0 Å². The van der Waals surface area contributed by atoms with E-state index < -0.39 is 0 Å². The van der Waals surface area contributed by atoms with Gasteiger partial charge in [-0.05, 0) is 43.4 Å². The van der Waals surface area contributed by atoms with Crippen LogP contribution in [0.1, 0.15) is 30.9 Å². The highest BCUT2D eigenvalue weighted by atomic mass is 16.5. The molecule has 0 saturated carbocycles. The van der Waals surface area contributed by atoms with Gasteiger partial charge in [0.05, 0.1) is 25.5 Å². The van der Waals surface area contributed by atoms with Crippen molar-refractivity contribution >= 4 is 23.1 Å². The third-order valence-corrected chi connectivity index (χ3v) is 6.00. The molecule has 6 heteroatoms. The summed E-state index contributed by atoms with van der Waals surface area (Å²) < 4.78 is 10.7. The van der Waals surface area contributed by atoms with Crippen molar-refractivity contribution in [2.75, 3.05) is 32.2 Å². The molecule has 2 aliphatic heterocycles. The van der Waals surface area contributed by atoms with Crippen LogP contribution in [0.25, 0.3) is 5.57 Å². The highest BCUT2D eigenvalue weighted by molar-refractivity contribution is 6.45. The number of aryl methyl sites for hydroxylation is 1. The monoisotopic (exact) mass is 420 g/mol. The summed E-state index contributed by atoms with van der Waals surface area (Å²) in [5.74, 6) is 0.884. The van der Waals surface area contributed by atoms with Crippen LogP contribution in [-0.2, 0) is 9.59 Å². The van der Waals surface area contributed by atoms with Gasteiger partial charge in [-0.1, -0.05) is 36.8 Å². The SMILES string of the molecule is COc1ccc(N2C(=O)C(c3ccc(C)cc3)=C(N3CCCC(C)C3)C2=O)cc1OC. The molecule has 31 heavy (non-hydrogen) atoms. The Morgan fingerprint density at radius 1 is 0.935 bits per heavy atom. The summed E-state index contributed by atoms with van der Waals surface area (Å²) in [6.45, 7) is 5.73. The van der Waals surface area contributed by atoms with Crippen molar-refractivity contribution in [3.63, 3.8) is 0 Å². The molecule has 1 atom stereocenters. The van der Waals surface area contributed by atoms with Crippen molar-refractivity contribution in [3.8, 4) is 11.5 Å². The lowest BCUT2D eigenvalue weighted by molar-refractivity contribution is -0.120. The zero-order valence-electron chi connectivity index (χ0n) is 18.5. The lowest BCUT2D eigenvalue weighted by Crippen LogP contribution is -2.39. The Balaban J connectivity index is 1.81. The number of likely N-dealkylation sites (tertiary alicyclic amines) is 1. The quantitative estimate of drug-likeness (QED) is 0.684. The highest BCUT2D eigenvalue weighted by Crippen LogP contribution is 2.39. The number of hydrogen-bond donors (Lipinski definition) is 0. The number of anilines is 1. The van der Waals surface area contributed by atoms with Crippen LogP contribution in [0, 0.1) is 12.8 Å². The van der Waals surface area contributed by atoms with Crippen LogP contribution in [0.4, 0.5) is 5.69 Å². The first-order valence-corrected chi connectivity index (χ1v) is 10.6. The van der Waals surface area contributed by atoms with Crippen LogP contribution in [-0.4, -0.2) is 44.0 Å². The van der Waals surface area contributed by atoms with E-state index in [1.54, 1.807) is 25.3 Å². The van der Waals surface area contributed by atoms with Gasteiger partial charge in [0.1, 0.15) is 5.70 Å². The van der Waals surface area contributed by atoms with Gasteiger partial charge in [0, 0.05) is 19.2 Å². The molecule has 2 amide bonds. The molecule has 1 saturated heterocycles. The number of carbonyl (C=O) groups is 2. The fourth-order valence-corrected chi connectivity index (χ4v) is 4.38. The van der Waals surface area contributed by atoms with Gasteiger partial charge >= 0.3 is 0 Å². The minimum absolute atomic E-state index is 0.290. The fraction of sp³-hybridized carbons (Fsp3) is 0.360. The number of rotatable bonds is 5. The Hall–Kier alpha value is -3.28. The number of amides is 2. The first-order chi connectivity index (χ1) is 14.9. The van der Waals surface area contributed by atoms with Gasteiger partial charge in [-0.25, -0.2) is 4.90 Å². The number of piperidine rings is 1. The maximum absolute atomic E-state index is 13.7. The molecule has 0 bridgehead atoms. The lowest BCUT2D eigenvalue weighted by atomic mass is 9.97. The van der Waals surface area contributed by atoms with E-state index in [4.69, 9.17) is 9.47 Å². The van der Waals surface area contributed by atoms with Gasteiger partial charge in [0.15, 0.2) is 11.5 Å². The van der Waals surface area contributed by atoms with Crippen molar-refractivity contribution in [1.82, 2.24) is 4.90 Å². The second kappa shape index (κ2) is 8.46. The molecule has 2 aliphatic rings. The van der Waals surface area contributed by atoms with Gasteiger partial charge in [0.2, 0.25) is 0 Å². The first-order valence-electron chi connectivity index (χ1n) is 10.6. The number of ether oxygens (including phenoxy) is 2. The zero-order valence-corrected chi connectivity index (χ0v) is 18.5. The summed E-state index contributed by atoms with van der Waals surface area (Å²) in [6, 6.07) is 12.9. The van der Waals surface area contributed by atoms with E-state index in [0.717, 1.165) is 37.1 Å². The number of carbonyl (C=O) groups excluding carboxylic acids is 2. The third kappa shape index (κ3) is 3.78. The summed E-state index contributed by atoms with van der Waals surface area (Å²) in [7, 11) is 3.09. The lowest BCUT2D eigenvalue weighted by Gasteiger charge is -2.33. The second-order valence-corrected chi connectivity index (χ2v) is 8.27. The molecule has 2 aromatic carbocycles. The predicted octanol–water partition coefficient (Wildman–Crippen LogP) is 4.03. The molecule has 0 radical (unpaired) electrons. The van der Waals surface area contributed by atoms with E-state index in [2.05, 4.69) is 11.8 Å². The van der Waals surface area contributed by atoms with E-state index in [-0.39, 0.29) is 11.8 Å². The summed E-state index contributed by atoms with van der Waals surface area (Å²) in [5.41, 5.74) is 3.30. The average molecular weight is 421 g/mol. The van der Waals surface area contributed by atoms with Crippen molar-refractivity contribution in [2.45, 2.75) is 26.7 Å². The van der Waals surface area contributed by atoms with Gasteiger partial charge < -0.3 is 14.4 Å². The van der Waals surface area contributed by atoms with Crippen LogP contribution in [0.15, 0.2) is 48.2 Å². The Kier molecular flexibility index (Phi) is 5.72. The molecule has 2 heterocycles. The largest absolute Gasteiger partial charge is 0.493 e. The third-order valence-electron chi connectivity index (χ3n) is 6.00.